The van der Waals surface area contributed by atoms with E-state index >= 15 is 0 Å². The number of hydrogen-bond donors (Lipinski definition) is 2. The smallest absolute Gasteiger partial charge is 0.359 e. The number of nitrogens with two attached hydrogens (primary N) is 2. The van der Waals surface area contributed by atoms with E-state index in [0.717, 1.165) is 0 Å². The van der Waals surface area contributed by atoms with E-state index in [-0.39, 0.29) is 36.0 Å². The van der Waals surface area contributed by atoms with Gasteiger partial charge in [-0.25, -0.2) is 19.6 Å². The molecule has 0 spiro atoms. The number of nitrogens with zero attached hydrogens (tertiary/aromatic N) is 2. The number of carbonyl (C=O) groups excluding carboxylic acids is 2. The van der Waals surface area contributed by atoms with E-state index in [9.17, 15) is 9.59 Å². The molecule has 0 unspecified atom stereocenters. The SMILES string of the molecule is CCOC(=O)c1nc(-c2ccc(N)c(C(=O)OCC)n2)ccc1N. The Bertz CT molecular complexity index is 711. The normalized spacial score (nSPS) is 10.2. The molecule has 0 saturated carbocycles. The van der Waals surface area contributed by atoms with Gasteiger partial charge in [0.05, 0.1) is 36.0 Å². The van der Waals surface area contributed by atoms with Crippen LogP contribution in [0, 0.1) is 0 Å². The van der Waals surface area contributed by atoms with Crippen LogP contribution in [-0.4, -0.2) is 35.1 Å². The molecule has 2 heterocycles. The summed E-state index contributed by atoms with van der Waals surface area (Å²) in [7, 11) is 0. The average molecular weight is 330 g/mol. The molecular weight excluding hydrogens is 312 g/mol. The van der Waals surface area contributed by atoms with E-state index in [1.807, 2.05) is 0 Å². The first-order chi connectivity index (χ1) is 11.5. The lowest BCUT2D eigenvalue weighted by molar-refractivity contribution is 0.0511. The summed E-state index contributed by atoms with van der Waals surface area (Å²) in [5.74, 6) is -1.25. The zero-order valence-electron chi connectivity index (χ0n) is 13.4. The molecule has 8 heteroatoms. The topological polar surface area (TPSA) is 130 Å². The van der Waals surface area contributed by atoms with Crippen molar-refractivity contribution in [2.45, 2.75) is 13.8 Å². The Morgan fingerprint density at radius 3 is 1.54 bits per heavy atom. The van der Waals surface area contributed by atoms with Crippen LogP contribution in [0.5, 0.6) is 0 Å². The number of ether oxygens (including phenoxy) is 2. The van der Waals surface area contributed by atoms with Gasteiger partial charge in [0.15, 0.2) is 11.4 Å². The summed E-state index contributed by atoms with van der Waals surface area (Å²) in [5.41, 5.74) is 12.6. The van der Waals surface area contributed by atoms with Gasteiger partial charge in [-0.2, -0.15) is 0 Å². The molecule has 0 aromatic carbocycles. The summed E-state index contributed by atoms with van der Waals surface area (Å²) in [6, 6.07) is 6.23. The molecule has 0 radical (unpaired) electrons. The second-order valence-corrected chi connectivity index (χ2v) is 4.71. The lowest BCUT2D eigenvalue weighted by atomic mass is 10.2. The van der Waals surface area contributed by atoms with Crippen molar-refractivity contribution in [2.75, 3.05) is 24.7 Å². The number of carbonyl (C=O) groups is 2. The van der Waals surface area contributed by atoms with Crippen molar-refractivity contribution in [1.82, 2.24) is 9.97 Å². The van der Waals surface area contributed by atoms with Crippen molar-refractivity contribution in [3.8, 4) is 11.4 Å². The second-order valence-electron chi connectivity index (χ2n) is 4.71. The van der Waals surface area contributed by atoms with Gasteiger partial charge >= 0.3 is 11.9 Å². The first-order valence-electron chi connectivity index (χ1n) is 7.35. The monoisotopic (exact) mass is 330 g/mol. The first-order valence-corrected chi connectivity index (χ1v) is 7.35. The lowest BCUT2D eigenvalue weighted by Crippen LogP contribution is -2.12. The fraction of sp³-hybridized carbons (Fsp3) is 0.250. The number of esters is 2. The quantitative estimate of drug-likeness (QED) is 0.791. The Balaban J connectivity index is 2.45. The van der Waals surface area contributed by atoms with Gasteiger partial charge < -0.3 is 20.9 Å². The highest BCUT2D eigenvalue weighted by Gasteiger charge is 2.18. The van der Waals surface area contributed by atoms with Crippen molar-refractivity contribution in [1.29, 1.82) is 0 Å². The van der Waals surface area contributed by atoms with Crippen molar-refractivity contribution < 1.29 is 19.1 Å². The zero-order chi connectivity index (χ0) is 17.7. The molecular formula is C16H18N4O4. The third kappa shape index (κ3) is 3.60. The van der Waals surface area contributed by atoms with E-state index in [2.05, 4.69) is 9.97 Å². The minimum absolute atomic E-state index is 0.00865. The molecule has 2 aromatic rings. The van der Waals surface area contributed by atoms with Crippen LogP contribution in [0.2, 0.25) is 0 Å². The molecule has 0 aliphatic heterocycles. The summed E-state index contributed by atoms with van der Waals surface area (Å²) in [6.07, 6.45) is 0. The van der Waals surface area contributed by atoms with E-state index in [0.29, 0.717) is 11.4 Å². The molecule has 0 aliphatic carbocycles. The Labute approximate surface area is 138 Å². The molecule has 126 valence electrons. The van der Waals surface area contributed by atoms with Crippen LogP contribution in [-0.2, 0) is 9.47 Å². The molecule has 0 aliphatic rings. The third-order valence-electron chi connectivity index (χ3n) is 3.05. The van der Waals surface area contributed by atoms with Gasteiger partial charge in [-0.05, 0) is 38.1 Å². The van der Waals surface area contributed by atoms with Crippen LogP contribution >= 0.6 is 0 Å². The standard InChI is InChI=1S/C16H18N4O4/c1-3-23-15(21)13-9(17)5-7-11(19-13)12-8-6-10(18)14(20-12)16(22)24-4-2/h5-8H,3-4,17-18H2,1-2H3. The summed E-state index contributed by atoms with van der Waals surface area (Å²) in [4.78, 5) is 32.1. The van der Waals surface area contributed by atoms with Gasteiger partial charge in [0.1, 0.15) is 0 Å². The molecule has 0 amide bonds. The van der Waals surface area contributed by atoms with Crippen molar-refractivity contribution in [2.24, 2.45) is 0 Å². The fourth-order valence-electron chi connectivity index (χ4n) is 1.95. The predicted octanol–water partition coefficient (Wildman–Crippen LogP) is 1.66. The number of rotatable bonds is 5. The maximum Gasteiger partial charge on any atom is 0.359 e. The van der Waals surface area contributed by atoms with Gasteiger partial charge in [-0.15, -0.1) is 0 Å². The first kappa shape index (κ1) is 17.2. The van der Waals surface area contributed by atoms with Gasteiger partial charge in [0.2, 0.25) is 0 Å². The van der Waals surface area contributed by atoms with E-state index in [4.69, 9.17) is 20.9 Å². The maximum absolute atomic E-state index is 11.9. The molecule has 0 atom stereocenters. The average Bonchev–Trinajstić information content (AvgIpc) is 2.56. The predicted molar refractivity (Wildman–Crippen MR) is 88.2 cm³/mol. The number of hydrogen-bond acceptors (Lipinski definition) is 8. The highest BCUT2D eigenvalue weighted by atomic mass is 16.5. The molecule has 2 rings (SSSR count). The minimum Gasteiger partial charge on any atom is -0.461 e. The minimum atomic E-state index is -0.627. The zero-order valence-corrected chi connectivity index (χ0v) is 13.4. The highest BCUT2D eigenvalue weighted by molar-refractivity contribution is 5.94. The molecule has 0 fully saturated rings. The Kier molecular flexibility index (Phi) is 5.31. The van der Waals surface area contributed by atoms with Gasteiger partial charge in [-0.1, -0.05) is 0 Å². The fourth-order valence-corrected chi connectivity index (χ4v) is 1.95. The summed E-state index contributed by atoms with van der Waals surface area (Å²) in [5, 5.41) is 0. The highest BCUT2D eigenvalue weighted by Crippen LogP contribution is 2.22. The second kappa shape index (κ2) is 7.40. The van der Waals surface area contributed by atoms with Crippen LogP contribution in [0.25, 0.3) is 11.4 Å². The largest absolute Gasteiger partial charge is 0.461 e. The molecule has 2 aromatic heterocycles. The Hall–Kier alpha value is -3.16. The summed E-state index contributed by atoms with van der Waals surface area (Å²) >= 11 is 0. The Morgan fingerprint density at radius 2 is 1.21 bits per heavy atom. The lowest BCUT2D eigenvalue weighted by Gasteiger charge is -2.09. The number of aromatic nitrogens is 2. The van der Waals surface area contributed by atoms with E-state index in [1.54, 1.807) is 26.0 Å². The molecule has 0 saturated heterocycles. The van der Waals surface area contributed by atoms with Gasteiger partial charge in [0, 0.05) is 0 Å². The molecule has 8 nitrogen and oxygen atoms in total. The summed E-state index contributed by atoms with van der Waals surface area (Å²) in [6.45, 7) is 3.78. The molecule has 4 N–H and O–H groups in total. The number of nitrogen functional groups attached to an aromatic ring is 2. The van der Waals surface area contributed by atoms with Crippen molar-refractivity contribution >= 4 is 23.3 Å². The van der Waals surface area contributed by atoms with Crippen LogP contribution in [0.4, 0.5) is 11.4 Å². The van der Waals surface area contributed by atoms with E-state index < -0.39 is 11.9 Å². The maximum atomic E-state index is 11.9. The van der Waals surface area contributed by atoms with Gasteiger partial charge in [-0.3, -0.25) is 0 Å². The third-order valence-corrected chi connectivity index (χ3v) is 3.05. The molecule has 24 heavy (non-hydrogen) atoms. The van der Waals surface area contributed by atoms with Crippen molar-refractivity contribution in [3.63, 3.8) is 0 Å². The van der Waals surface area contributed by atoms with Crippen LogP contribution in [0.3, 0.4) is 0 Å². The van der Waals surface area contributed by atoms with Crippen LogP contribution < -0.4 is 11.5 Å². The Morgan fingerprint density at radius 1 is 0.833 bits per heavy atom. The van der Waals surface area contributed by atoms with Gasteiger partial charge in [0.25, 0.3) is 0 Å². The number of anilines is 2. The summed E-state index contributed by atoms with van der Waals surface area (Å²) < 4.78 is 9.83. The van der Waals surface area contributed by atoms with Crippen LogP contribution in [0.15, 0.2) is 24.3 Å². The van der Waals surface area contributed by atoms with E-state index in [1.165, 1.54) is 12.1 Å². The van der Waals surface area contributed by atoms with Crippen molar-refractivity contribution in [3.05, 3.63) is 35.7 Å². The number of pyridine rings is 2. The molecule has 0 bridgehead atoms. The van der Waals surface area contributed by atoms with Crippen LogP contribution in [0.1, 0.15) is 34.8 Å².